The summed E-state index contributed by atoms with van der Waals surface area (Å²) in [5.41, 5.74) is 0. The molecule has 1 N–H and O–H groups in total. The molecular weight excluding hydrogens is 263 g/mol. The van der Waals surface area contributed by atoms with Crippen LogP contribution < -0.4 is 0 Å². The fourth-order valence-corrected chi connectivity index (χ4v) is 3.42. The second-order valence-corrected chi connectivity index (χ2v) is 5.34. The number of β-amino-alcohol motifs (C(OH)–C–C–N with tert-alkyl or cyclic N) is 1. The minimum Gasteiger partial charge on any atom is -0.382 e. The molecule has 5 atom stereocenters. The molecule has 0 aromatic rings. The predicted molar refractivity (Wildman–Crippen MR) is 56.5 cm³/mol. The van der Waals surface area contributed by atoms with Crippen molar-refractivity contribution < 1.29 is 27.9 Å². The van der Waals surface area contributed by atoms with Gasteiger partial charge in [0.25, 0.3) is 0 Å². The van der Waals surface area contributed by atoms with E-state index < -0.39 is 42.5 Å². The molecule has 104 valence electrons. The Labute approximate surface area is 106 Å². The molecule has 3 aliphatic rings. The van der Waals surface area contributed by atoms with Crippen molar-refractivity contribution in [2.75, 3.05) is 6.54 Å². The van der Waals surface area contributed by atoms with E-state index in [1.165, 1.54) is 0 Å². The molecule has 0 spiro atoms. The van der Waals surface area contributed by atoms with Crippen LogP contribution in [-0.2, 0) is 9.59 Å². The Balaban J connectivity index is 1.79. The van der Waals surface area contributed by atoms with Crippen LogP contribution in [0.25, 0.3) is 0 Å². The Kier molecular flexibility index (Phi) is 2.54. The molecule has 4 nitrogen and oxygen atoms in total. The fraction of sp³-hybridized carbons (Fsp3) is 0.667. The number of aliphatic hydroxyl groups is 1. The summed E-state index contributed by atoms with van der Waals surface area (Å²) in [7, 11) is 0. The summed E-state index contributed by atoms with van der Waals surface area (Å²) in [5, 5.41) is 9.01. The van der Waals surface area contributed by atoms with E-state index in [9.17, 15) is 22.8 Å². The van der Waals surface area contributed by atoms with Crippen molar-refractivity contribution in [3.05, 3.63) is 12.2 Å². The first-order valence-electron chi connectivity index (χ1n) is 6.09. The van der Waals surface area contributed by atoms with Gasteiger partial charge in [0, 0.05) is 0 Å². The van der Waals surface area contributed by atoms with Gasteiger partial charge >= 0.3 is 6.18 Å². The quantitative estimate of drug-likeness (QED) is 0.596. The number of hydrogen-bond donors (Lipinski definition) is 1. The first kappa shape index (κ1) is 12.7. The Bertz CT molecular complexity index is 443. The van der Waals surface area contributed by atoms with Gasteiger partial charge in [0.05, 0.1) is 18.4 Å². The van der Waals surface area contributed by atoms with E-state index in [1.54, 1.807) is 0 Å². The van der Waals surface area contributed by atoms with Crippen LogP contribution in [0.3, 0.4) is 0 Å². The highest BCUT2D eigenvalue weighted by Crippen LogP contribution is 2.52. The van der Waals surface area contributed by atoms with E-state index in [2.05, 4.69) is 0 Å². The van der Waals surface area contributed by atoms with Gasteiger partial charge in [0.2, 0.25) is 11.8 Å². The molecule has 1 saturated heterocycles. The highest BCUT2D eigenvalue weighted by atomic mass is 19.4. The summed E-state index contributed by atoms with van der Waals surface area (Å²) in [4.78, 5) is 24.7. The Morgan fingerprint density at radius 1 is 1.21 bits per heavy atom. The fourth-order valence-electron chi connectivity index (χ4n) is 3.42. The molecular formula is C12H12F3NO3. The number of carbonyl (C=O) groups excluding carboxylic acids is 2. The van der Waals surface area contributed by atoms with Gasteiger partial charge in [-0.05, 0) is 18.3 Å². The van der Waals surface area contributed by atoms with Gasteiger partial charge in [-0.15, -0.1) is 0 Å². The lowest BCUT2D eigenvalue weighted by molar-refractivity contribution is -0.208. The number of halogens is 3. The zero-order valence-corrected chi connectivity index (χ0v) is 9.80. The predicted octanol–water partition coefficient (Wildman–Crippen LogP) is 0.717. The molecule has 1 saturated carbocycles. The van der Waals surface area contributed by atoms with Gasteiger partial charge in [0.1, 0.15) is 0 Å². The van der Waals surface area contributed by atoms with Gasteiger partial charge in [0.15, 0.2) is 6.10 Å². The summed E-state index contributed by atoms with van der Waals surface area (Å²) in [6.45, 7) is -0.992. The number of imide groups is 1. The number of nitrogens with zero attached hydrogens (tertiary/aromatic N) is 1. The second kappa shape index (κ2) is 3.82. The maximum Gasteiger partial charge on any atom is 0.416 e. The second-order valence-electron chi connectivity index (χ2n) is 5.34. The average molecular weight is 275 g/mol. The number of likely N-dealkylation sites (tertiary alicyclic amines) is 1. The highest BCUT2D eigenvalue weighted by molar-refractivity contribution is 6.06. The smallest absolute Gasteiger partial charge is 0.382 e. The molecule has 2 amide bonds. The van der Waals surface area contributed by atoms with Gasteiger partial charge < -0.3 is 5.11 Å². The molecule has 1 heterocycles. The van der Waals surface area contributed by atoms with Gasteiger partial charge in [-0.1, -0.05) is 12.2 Å². The van der Waals surface area contributed by atoms with E-state index in [0.29, 0.717) is 4.90 Å². The molecule has 0 aromatic heterocycles. The maximum absolute atomic E-state index is 12.3. The number of rotatable bonds is 2. The molecule has 2 aliphatic carbocycles. The van der Waals surface area contributed by atoms with Crippen molar-refractivity contribution in [2.45, 2.75) is 18.7 Å². The third-order valence-electron chi connectivity index (χ3n) is 4.29. The average Bonchev–Trinajstić information content (AvgIpc) is 2.97. The van der Waals surface area contributed by atoms with Crippen LogP contribution in [0.5, 0.6) is 0 Å². The summed E-state index contributed by atoms with van der Waals surface area (Å²) >= 11 is 0. The number of alkyl halides is 3. The molecule has 7 heteroatoms. The summed E-state index contributed by atoms with van der Waals surface area (Å²) < 4.78 is 36.9. The van der Waals surface area contributed by atoms with Crippen molar-refractivity contribution in [3.8, 4) is 0 Å². The third kappa shape index (κ3) is 1.71. The van der Waals surface area contributed by atoms with Crippen LogP contribution in [-0.4, -0.2) is 40.6 Å². The molecule has 1 aliphatic heterocycles. The van der Waals surface area contributed by atoms with Crippen molar-refractivity contribution in [2.24, 2.45) is 23.7 Å². The van der Waals surface area contributed by atoms with Crippen molar-refractivity contribution in [1.29, 1.82) is 0 Å². The van der Waals surface area contributed by atoms with Crippen LogP contribution in [0.15, 0.2) is 12.2 Å². The van der Waals surface area contributed by atoms with Gasteiger partial charge in [-0.3, -0.25) is 14.5 Å². The van der Waals surface area contributed by atoms with E-state index in [0.717, 1.165) is 6.42 Å². The van der Waals surface area contributed by atoms with Crippen molar-refractivity contribution >= 4 is 11.8 Å². The van der Waals surface area contributed by atoms with Crippen LogP contribution in [0.1, 0.15) is 6.42 Å². The summed E-state index contributed by atoms with van der Waals surface area (Å²) in [6.07, 6.45) is -3.05. The highest BCUT2D eigenvalue weighted by Gasteiger charge is 2.60. The Hall–Kier alpha value is -1.37. The molecule has 5 unspecified atom stereocenters. The SMILES string of the molecule is O=C1C2C3C=CC(C3)C2C(=O)N1CC(O)C(F)(F)F. The van der Waals surface area contributed by atoms with Crippen molar-refractivity contribution in [3.63, 3.8) is 0 Å². The largest absolute Gasteiger partial charge is 0.416 e. The standard InChI is InChI=1S/C12H12F3NO3/c13-12(14,15)7(17)4-16-10(18)8-5-1-2-6(3-5)9(8)11(16)19/h1-2,5-9,17H,3-4H2. The molecule has 2 bridgehead atoms. The van der Waals surface area contributed by atoms with Gasteiger partial charge in [-0.2, -0.15) is 13.2 Å². The van der Waals surface area contributed by atoms with Crippen LogP contribution >= 0.6 is 0 Å². The van der Waals surface area contributed by atoms with Crippen molar-refractivity contribution in [1.82, 2.24) is 4.90 Å². The zero-order chi connectivity index (χ0) is 13.9. The summed E-state index contributed by atoms with van der Waals surface area (Å²) in [6, 6.07) is 0. The van der Waals surface area contributed by atoms with E-state index in [-0.39, 0.29) is 11.8 Å². The summed E-state index contributed by atoms with van der Waals surface area (Å²) in [5.74, 6) is -2.28. The Morgan fingerprint density at radius 3 is 2.11 bits per heavy atom. The molecule has 3 rings (SSSR count). The molecule has 0 radical (unpaired) electrons. The first-order chi connectivity index (χ1) is 8.80. The van der Waals surface area contributed by atoms with Crippen LogP contribution in [0.4, 0.5) is 13.2 Å². The normalized spacial score (nSPS) is 38.2. The van der Waals surface area contributed by atoms with Gasteiger partial charge in [-0.25, -0.2) is 0 Å². The number of fused-ring (bicyclic) bond motifs is 5. The minimum absolute atomic E-state index is 0.0421. The molecule has 2 fully saturated rings. The Morgan fingerprint density at radius 2 is 1.68 bits per heavy atom. The molecule has 19 heavy (non-hydrogen) atoms. The lowest BCUT2D eigenvalue weighted by Gasteiger charge is -2.22. The number of amides is 2. The number of hydrogen-bond acceptors (Lipinski definition) is 3. The zero-order valence-electron chi connectivity index (χ0n) is 9.80. The maximum atomic E-state index is 12.3. The lowest BCUT2D eigenvalue weighted by atomic mass is 9.85. The van der Waals surface area contributed by atoms with E-state index >= 15 is 0 Å². The third-order valence-corrected chi connectivity index (χ3v) is 4.29. The first-order valence-corrected chi connectivity index (χ1v) is 6.09. The van der Waals surface area contributed by atoms with E-state index in [1.807, 2.05) is 12.2 Å². The van der Waals surface area contributed by atoms with Crippen LogP contribution in [0, 0.1) is 23.7 Å². The number of carbonyl (C=O) groups is 2. The number of aliphatic hydroxyl groups excluding tert-OH is 1. The minimum atomic E-state index is -4.82. The number of allylic oxidation sites excluding steroid dienone is 2. The molecule has 0 aromatic carbocycles. The topological polar surface area (TPSA) is 57.6 Å². The van der Waals surface area contributed by atoms with E-state index in [4.69, 9.17) is 5.11 Å². The monoisotopic (exact) mass is 275 g/mol. The lowest BCUT2D eigenvalue weighted by Crippen LogP contribution is -2.44. The van der Waals surface area contributed by atoms with Crippen LogP contribution in [0.2, 0.25) is 0 Å².